The van der Waals surface area contributed by atoms with Gasteiger partial charge in [-0.15, -0.1) is 0 Å². The third-order valence-corrected chi connectivity index (χ3v) is 7.03. The molecule has 0 aliphatic carbocycles. The average molecular weight is 637 g/mol. The summed E-state index contributed by atoms with van der Waals surface area (Å²) in [6.07, 6.45) is 1.30. The zero-order valence-electron chi connectivity index (χ0n) is 19.1. The molecule has 1 aromatic heterocycles. The van der Waals surface area contributed by atoms with Crippen LogP contribution in [0, 0.1) is 5.82 Å². The number of nitrogens with one attached hydrogen (secondary N) is 1. The van der Waals surface area contributed by atoms with Crippen LogP contribution in [0.3, 0.4) is 0 Å². The van der Waals surface area contributed by atoms with Gasteiger partial charge in [-0.05, 0) is 36.4 Å². The summed E-state index contributed by atoms with van der Waals surface area (Å²) >= 11 is 22.2. The molecule has 1 fully saturated rings. The molecule has 192 valence electrons. The number of halogens is 5. The van der Waals surface area contributed by atoms with Crippen molar-refractivity contribution in [3.8, 4) is 22.8 Å². The van der Waals surface area contributed by atoms with Crippen molar-refractivity contribution in [3.05, 3.63) is 103 Å². The summed E-state index contributed by atoms with van der Waals surface area (Å²) in [5.41, 5.74) is 1.17. The molecule has 1 aliphatic rings. The van der Waals surface area contributed by atoms with E-state index in [2.05, 4.69) is 26.3 Å². The summed E-state index contributed by atoms with van der Waals surface area (Å²) in [7, 11) is 0. The first kappa shape index (κ1) is 26.2. The normalized spacial score (nSPS) is 14.4. The van der Waals surface area contributed by atoms with E-state index < -0.39 is 17.8 Å². The van der Waals surface area contributed by atoms with Crippen LogP contribution in [0.1, 0.15) is 11.1 Å². The van der Waals surface area contributed by atoms with Gasteiger partial charge < -0.3 is 10.4 Å². The molecule has 0 atom stereocenters. The lowest BCUT2D eigenvalue weighted by atomic mass is 10.1. The first-order valence-electron chi connectivity index (χ1n) is 10.9. The van der Waals surface area contributed by atoms with Crippen molar-refractivity contribution >= 4 is 68.7 Å². The molecule has 3 amide bonds. The van der Waals surface area contributed by atoms with E-state index in [0.717, 1.165) is 9.58 Å². The van der Waals surface area contributed by atoms with E-state index in [4.69, 9.17) is 34.8 Å². The standard InChI is InChI=1S/C26H15BrCl3FN4O3/c27-15-9-18(29)23(19(30)10-15)35-24(36)17(22(33-35)13-5-7-16(28)8-6-13)11-21-25(37)34(26(38)32-21)12-14-3-1-2-4-20(14)31/h1-11,36H,12H2,(H,32,38)/b21-11-. The lowest BCUT2D eigenvalue weighted by Crippen LogP contribution is -2.30. The van der Waals surface area contributed by atoms with Gasteiger partial charge in [-0.1, -0.05) is 81.1 Å². The van der Waals surface area contributed by atoms with Crippen LogP contribution in [-0.2, 0) is 11.3 Å². The molecule has 1 aliphatic heterocycles. The van der Waals surface area contributed by atoms with Crippen LogP contribution in [0.2, 0.25) is 15.1 Å². The maximum atomic E-state index is 14.2. The van der Waals surface area contributed by atoms with Crippen molar-refractivity contribution in [2.45, 2.75) is 6.54 Å². The number of aromatic nitrogens is 2. The summed E-state index contributed by atoms with van der Waals surface area (Å²) in [5, 5.41) is 19.2. The SMILES string of the molecule is O=C1N/C(=C\c2c(-c3ccc(Cl)cc3)nn(-c3c(Cl)cc(Br)cc3Cl)c2O)C(=O)N1Cc1ccccc1F. The number of benzene rings is 3. The van der Waals surface area contributed by atoms with Crippen molar-refractivity contribution in [1.82, 2.24) is 20.0 Å². The summed E-state index contributed by atoms with van der Waals surface area (Å²) in [4.78, 5) is 26.6. The zero-order valence-corrected chi connectivity index (χ0v) is 22.9. The molecule has 3 aromatic carbocycles. The monoisotopic (exact) mass is 634 g/mol. The Kier molecular flexibility index (Phi) is 7.19. The van der Waals surface area contributed by atoms with Gasteiger partial charge in [0.05, 0.1) is 22.2 Å². The molecular formula is C26H15BrCl3FN4O3. The van der Waals surface area contributed by atoms with E-state index in [1.54, 1.807) is 42.5 Å². The Morgan fingerprint density at radius 2 is 1.68 bits per heavy atom. The summed E-state index contributed by atoms with van der Waals surface area (Å²) in [5.74, 6) is -1.63. The lowest BCUT2D eigenvalue weighted by molar-refractivity contribution is -0.123. The van der Waals surface area contributed by atoms with E-state index in [9.17, 15) is 19.1 Å². The highest BCUT2D eigenvalue weighted by atomic mass is 79.9. The molecule has 0 radical (unpaired) electrons. The van der Waals surface area contributed by atoms with Crippen molar-refractivity contribution in [1.29, 1.82) is 0 Å². The van der Waals surface area contributed by atoms with Gasteiger partial charge in [-0.2, -0.15) is 9.78 Å². The minimum atomic E-state index is -0.733. The number of imide groups is 1. The fourth-order valence-corrected chi connectivity index (χ4v) is 5.42. The van der Waals surface area contributed by atoms with E-state index in [0.29, 0.717) is 15.1 Å². The number of aromatic hydroxyl groups is 1. The maximum absolute atomic E-state index is 14.2. The molecule has 2 N–H and O–H groups in total. The first-order chi connectivity index (χ1) is 18.1. The second-order valence-electron chi connectivity index (χ2n) is 8.19. The number of hydrogen-bond acceptors (Lipinski definition) is 4. The van der Waals surface area contributed by atoms with Crippen LogP contribution in [0.25, 0.3) is 23.0 Å². The molecular weight excluding hydrogens is 622 g/mol. The summed E-state index contributed by atoms with van der Waals surface area (Å²) in [6.45, 7) is -0.270. The van der Waals surface area contributed by atoms with Gasteiger partial charge in [-0.3, -0.25) is 9.69 Å². The third kappa shape index (κ3) is 4.90. The Bertz CT molecular complexity index is 1620. The molecule has 0 unspecified atom stereocenters. The van der Waals surface area contributed by atoms with Crippen molar-refractivity contribution < 1.29 is 19.1 Å². The predicted octanol–water partition coefficient (Wildman–Crippen LogP) is 7.20. The number of rotatable bonds is 5. The van der Waals surface area contributed by atoms with Gasteiger partial charge in [0, 0.05) is 20.6 Å². The number of nitrogens with zero attached hydrogens (tertiary/aromatic N) is 3. The zero-order chi connectivity index (χ0) is 27.1. The van der Waals surface area contributed by atoms with Crippen molar-refractivity contribution in [2.75, 3.05) is 0 Å². The van der Waals surface area contributed by atoms with E-state index in [1.807, 2.05) is 0 Å². The van der Waals surface area contributed by atoms with Crippen molar-refractivity contribution in [2.24, 2.45) is 0 Å². The van der Waals surface area contributed by atoms with Gasteiger partial charge in [0.25, 0.3) is 5.91 Å². The van der Waals surface area contributed by atoms with Crippen molar-refractivity contribution in [3.63, 3.8) is 0 Å². The van der Waals surface area contributed by atoms with Crippen LogP contribution in [0.5, 0.6) is 5.88 Å². The van der Waals surface area contributed by atoms with Gasteiger partial charge in [-0.25, -0.2) is 9.18 Å². The highest BCUT2D eigenvalue weighted by Crippen LogP contribution is 2.39. The topological polar surface area (TPSA) is 87.5 Å². The fraction of sp³-hybridized carbons (Fsp3) is 0.0385. The highest BCUT2D eigenvalue weighted by Gasteiger charge is 2.35. The number of amides is 3. The number of carbonyl (C=O) groups is 2. The Hall–Kier alpha value is -3.37. The molecule has 4 aromatic rings. The van der Waals surface area contributed by atoms with Gasteiger partial charge in [0.15, 0.2) is 0 Å². The maximum Gasteiger partial charge on any atom is 0.329 e. The lowest BCUT2D eigenvalue weighted by Gasteiger charge is -2.12. The molecule has 12 heteroatoms. The summed E-state index contributed by atoms with van der Waals surface area (Å²) in [6, 6.07) is 14.9. The van der Waals surface area contributed by atoms with Crippen LogP contribution < -0.4 is 5.32 Å². The Morgan fingerprint density at radius 1 is 1.03 bits per heavy atom. The smallest absolute Gasteiger partial charge is 0.329 e. The largest absolute Gasteiger partial charge is 0.493 e. The van der Waals surface area contributed by atoms with Gasteiger partial charge in [0.1, 0.15) is 22.9 Å². The minimum Gasteiger partial charge on any atom is -0.493 e. The summed E-state index contributed by atoms with van der Waals surface area (Å²) < 4.78 is 15.9. The molecule has 38 heavy (non-hydrogen) atoms. The minimum absolute atomic E-state index is 0.110. The molecule has 7 nitrogen and oxygen atoms in total. The number of hydrogen-bond donors (Lipinski definition) is 2. The van der Waals surface area contributed by atoms with Crippen LogP contribution in [-0.4, -0.2) is 31.7 Å². The highest BCUT2D eigenvalue weighted by molar-refractivity contribution is 9.10. The Labute approximate surface area is 239 Å². The quantitative estimate of drug-likeness (QED) is 0.179. The second kappa shape index (κ2) is 10.4. The van der Waals surface area contributed by atoms with Crippen LogP contribution >= 0.6 is 50.7 Å². The van der Waals surface area contributed by atoms with Crippen LogP contribution in [0.4, 0.5) is 9.18 Å². The van der Waals surface area contributed by atoms with Gasteiger partial charge in [0.2, 0.25) is 5.88 Å². The first-order valence-corrected chi connectivity index (χ1v) is 12.9. The fourth-order valence-electron chi connectivity index (χ4n) is 3.92. The molecule has 1 saturated heterocycles. The third-order valence-electron chi connectivity index (χ3n) is 5.75. The van der Waals surface area contributed by atoms with Gasteiger partial charge >= 0.3 is 6.03 Å². The van der Waals surface area contributed by atoms with E-state index in [1.165, 1.54) is 24.3 Å². The second-order valence-corrected chi connectivity index (χ2v) is 10.4. The predicted molar refractivity (Wildman–Crippen MR) is 147 cm³/mol. The number of carbonyl (C=O) groups excluding carboxylic acids is 2. The molecule has 2 heterocycles. The molecule has 5 rings (SSSR count). The van der Waals surface area contributed by atoms with Crippen LogP contribution in [0.15, 0.2) is 70.8 Å². The Morgan fingerprint density at radius 3 is 2.34 bits per heavy atom. The van der Waals surface area contributed by atoms with E-state index >= 15 is 0 Å². The molecule has 0 spiro atoms. The molecule has 0 bridgehead atoms. The molecule has 0 saturated carbocycles. The number of urea groups is 1. The average Bonchev–Trinajstić information content (AvgIpc) is 3.31. The Balaban J connectivity index is 1.62. The van der Waals surface area contributed by atoms with E-state index in [-0.39, 0.29) is 50.7 Å².